The third kappa shape index (κ3) is 4.23. The molecule has 0 atom stereocenters. The quantitative estimate of drug-likeness (QED) is 0.672. The maximum absolute atomic E-state index is 12.0. The lowest BCUT2D eigenvalue weighted by Crippen LogP contribution is -2.13. The third-order valence-corrected chi connectivity index (χ3v) is 5.22. The first-order valence-corrected chi connectivity index (χ1v) is 9.71. The number of hydrogen-bond donors (Lipinski definition) is 2. The fourth-order valence-corrected chi connectivity index (χ4v) is 3.61. The van der Waals surface area contributed by atoms with Gasteiger partial charge in [-0.05, 0) is 37.1 Å². The molecule has 1 aliphatic carbocycles. The monoisotopic (exact) mass is 377 g/mol. The molecule has 1 fully saturated rings. The Kier molecular flexibility index (Phi) is 4.73. The number of nitrogens with one attached hydrogen (secondary N) is 2. The molecule has 136 valence electrons. The van der Waals surface area contributed by atoms with Crippen LogP contribution in [0.4, 0.5) is 11.4 Å². The second kappa shape index (κ2) is 7.32. The molecule has 1 aliphatic rings. The highest BCUT2D eigenvalue weighted by atomic mass is 32.1. The van der Waals surface area contributed by atoms with Crippen molar-refractivity contribution in [3.63, 3.8) is 0 Å². The third-order valence-electron chi connectivity index (χ3n) is 4.33. The molecule has 5 nitrogen and oxygen atoms in total. The highest BCUT2D eigenvalue weighted by molar-refractivity contribution is 7.13. The highest BCUT2D eigenvalue weighted by Gasteiger charge is 2.29. The fraction of sp³-hybridized carbons (Fsp3) is 0.190. The number of thiazole rings is 1. The summed E-state index contributed by atoms with van der Waals surface area (Å²) >= 11 is 1.57. The topological polar surface area (TPSA) is 71.1 Å². The van der Waals surface area contributed by atoms with Gasteiger partial charge in [0.2, 0.25) is 11.8 Å². The maximum atomic E-state index is 12.0. The Hall–Kier alpha value is -2.99. The van der Waals surface area contributed by atoms with Gasteiger partial charge in [-0.15, -0.1) is 11.3 Å². The number of aromatic nitrogens is 1. The SMILES string of the molecule is CC(=O)Nc1ccc(-c2csc(-c3cccc(NC(=O)C4CC4)c3)n2)cc1. The van der Waals surface area contributed by atoms with E-state index < -0.39 is 0 Å². The van der Waals surface area contributed by atoms with Crippen molar-refractivity contribution in [3.05, 3.63) is 53.9 Å². The summed E-state index contributed by atoms with van der Waals surface area (Å²) in [6.45, 7) is 1.49. The number of carbonyl (C=O) groups excluding carboxylic acids is 2. The number of nitrogens with zero attached hydrogens (tertiary/aromatic N) is 1. The van der Waals surface area contributed by atoms with Crippen LogP contribution in [0.5, 0.6) is 0 Å². The van der Waals surface area contributed by atoms with Gasteiger partial charge in [-0.1, -0.05) is 24.3 Å². The van der Waals surface area contributed by atoms with Gasteiger partial charge < -0.3 is 10.6 Å². The molecule has 1 aromatic heterocycles. The molecule has 2 aromatic carbocycles. The van der Waals surface area contributed by atoms with E-state index in [9.17, 15) is 9.59 Å². The van der Waals surface area contributed by atoms with Crippen LogP contribution >= 0.6 is 11.3 Å². The van der Waals surface area contributed by atoms with Crippen molar-refractivity contribution in [1.82, 2.24) is 4.98 Å². The predicted octanol–water partition coefficient (Wildman–Crippen LogP) is 4.78. The first-order valence-electron chi connectivity index (χ1n) is 8.83. The maximum Gasteiger partial charge on any atom is 0.227 e. The molecule has 0 spiro atoms. The lowest BCUT2D eigenvalue weighted by atomic mass is 10.1. The molecule has 2 amide bonds. The number of rotatable bonds is 5. The second-order valence-corrected chi connectivity index (χ2v) is 7.50. The molecular weight excluding hydrogens is 358 g/mol. The van der Waals surface area contributed by atoms with Gasteiger partial charge in [-0.25, -0.2) is 4.98 Å². The zero-order chi connectivity index (χ0) is 18.8. The largest absolute Gasteiger partial charge is 0.326 e. The number of carbonyl (C=O) groups is 2. The summed E-state index contributed by atoms with van der Waals surface area (Å²) in [6, 6.07) is 15.4. The van der Waals surface area contributed by atoms with E-state index in [0.717, 1.165) is 46.0 Å². The van der Waals surface area contributed by atoms with Crippen molar-refractivity contribution >= 4 is 34.5 Å². The molecule has 0 aliphatic heterocycles. The van der Waals surface area contributed by atoms with Crippen LogP contribution < -0.4 is 10.6 Å². The minimum atomic E-state index is -0.0904. The average Bonchev–Trinajstić information content (AvgIpc) is 3.39. The zero-order valence-electron chi connectivity index (χ0n) is 14.9. The Labute approximate surface area is 161 Å². The molecule has 0 radical (unpaired) electrons. The summed E-state index contributed by atoms with van der Waals surface area (Å²) < 4.78 is 0. The molecule has 0 bridgehead atoms. The van der Waals surface area contributed by atoms with E-state index in [1.165, 1.54) is 6.92 Å². The molecule has 0 unspecified atom stereocenters. The molecule has 3 aromatic rings. The summed E-state index contributed by atoms with van der Waals surface area (Å²) in [6.07, 6.45) is 1.98. The van der Waals surface area contributed by atoms with Gasteiger partial charge in [0.15, 0.2) is 0 Å². The standard InChI is InChI=1S/C21H19N3O2S/c1-13(25)22-17-9-7-14(8-10-17)19-12-27-21(24-19)16-3-2-4-18(11-16)23-20(26)15-5-6-15/h2-4,7-12,15H,5-6H2,1H3,(H,22,25)(H,23,26). The van der Waals surface area contributed by atoms with E-state index >= 15 is 0 Å². The Morgan fingerprint density at radius 2 is 1.78 bits per heavy atom. The lowest BCUT2D eigenvalue weighted by Gasteiger charge is -2.05. The average molecular weight is 377 g/mol. The van der Waals surface area contributed by atoms with Crippen LogP contribution in [0.3, 0.4) is 0 Å². The van der Waals surface area contributed by atoms with Crippen LogP contribution in [0.2, 0.25) is 0 Å². The minimum Gasteiger partial charge on any atom is -0.326 e. The number of amides is 2. The second-order valence-electron chi connectivity index (χ2n) is 6.64. The molecule has 0 saturated heterocycles. The number of hydrogen-bond acceptors (Lipinski definition) is 4. The summed E-state index contributed by atoms with van der Waals surface area (Å²) in [4.78, 5) is 27.8. The van der Waals surface area contributed by atoms with Gasteiger partial charge in [-0.2, -0.15) is 0 Å². The van der Waals surface area contributed by atoms with Crippen LogP contribution in [0.15, 0.2) is 53.9 Å². The first kappa shape index (κ1) is 17.4. The molecule has 2 N–H and O–H groups in total. The van der Waals surface area contributed by atoms with Crippen LogP contribution in [-0.4, -0.2) is 16.8 Å². The lowest BCUT2D eigenvalue weighted by molar-refractivity contribution is -0.117. The Morgan fingerprint density at radius 3 is 2.48 bits per heavy atom. The van der Waals surface area contributed by atoms with Gasteiger partial charge in [-0.3, -0.25) is 9.59 Å². The van der Waals surface area contributed by atoms with E-state index in [-0.39, 0.29) is 17.7 Å². The Balaban J connectivity index is 1.52. The van der Waals surface area contributed by atoms with Crippen molar-refractivity contribution in [2.75, 3.05) is 10.6 Å². The van der Waals surface area contributed by atoms with Crippen molar-refractivity contribution in [1.29, 1.82) is 0 Å². The van der Waals surface area contributed by atoms with Gasteiger partial charge in [0.1, 0.15) is 5.01 Å². The minimum absolute atomic E-state index is 0.0904. The molecule has 4 rings (SSSR count). The molecule has 1 heterocycles. The highest BCUT2D eigenvalue weighted by Crippen LogP contribution is 2.32. The summed E-state index contributed by atoms with van der Waals surface area (Å²) in [5.74, 6) is 0.194. The summed E-state index contributed by atoms with van der Waals surface area (Å²) in [5.41, 5.74) is 4.43. The van der Waals surface area contributed by atoms with E-state index in [1.807, 2.05) is 53.9 Å². The number of anilines is 2. The predicted molar refractivity (Wildman–Crippen MR) is 109 cm³/mol. The van der Waals surface area contributed by atoms with Crippen molar-refractivity contribution in [2.45, 2.75) is 19.8 Å². The Morgan fingerprint density at radius 1 is 1.00 bits per heavy atom. The van der Waals surface area contributed by atoms with E-state index in [1.54, 1.807) is 11.3 Å². The van der Waals surface area contributed by atoms with Gasteiger partial charge in [0.25, 0.3) is 0 Å². The zero-order valence-corrected chi connectivity index (χ0v) is 15.7. The first-order chi connectivity index (χ1) is 13.1. The van der Waals surface area contributed by atoms with Crippen LogP contribution in [0, 0.1) is 5.92 Å². The molecule has 27 heavy (non-hydrogen) atoms. The summed E-state index contributed by atoms with van der Waals surface area (Å²) in [5, 5.41) is 8.65. The van der Waals surface area contributed by atoms with Crippen molar-refractivity contribution < 1.29 is 9.59 Å². The summed E-state index contributed by atoms with van der Waals surface area (Å²) in [7, 11) is 0. The van der Waals surface area contributed by atoms with Crippen LogP contribution in [-0.2, 0) is 9.59 Å². The normalized spacial score (nSPS) is 13.2. The smallest absolute Gasteiger partial charge is 0.227 e. The van der Waals surface area contributed by atoms with Crippen LogP contribution in [0.1, 0.15) is 19.8 Å². The van der Waals surface area contributed by atoms with Gasteiger partial charge in [0, 0.05) is 40.7 Å². The Bertz CT molecular complexity index is 991. The van der Waals surface area contributed by atoms with E-state index in [0.29, 0.717) is 0 Å². The van der Waals surface area contributed by atoms with Crippen LogP contribution in [0.25, 0.3) is 21.8 Å². The van der Waals surface area contributed by atoms with Crippen molar-refractivity contribution in [3.8, 4) is 21.8 Å². The van der Waals surface area contributed by atoms with Gasteiger partial charge in [0.05, 0.1) is 5.69 Å². The van der Waals surface area contributed by atoms with E-state index in [4.69, 9.17) is 4.98 Å². The van der Waals surface area contributed by atoms with Crippen molar-refractivity contribution in [2.24, 2.45) is 5.92 Å². The van der Waals surface area contributed by atoms with E-state index in [2.05, 4.69) is 10.6 Å². The molecule has 1 saturated carbocycles. The molecule has 6 heteroatoms. The number of benzene rings is 2. The van der Waals surface area contributed by atoms with Gasteiger partial charge >= 0.3 is 0 Å². The fourth-order valence-electron chi connectivity index (χ4n) is 2.79. The molecular formula is C21H19N3O2S.